The van der Waals surface area contributed by atoms with Gasteiger partial charge in [-0.15, -0.1) is 13.2 Å². The first-order chi connectivity index (χ1) is 66.7. The summed E-state index contributed by atoms with van der Waals surface area (Å²) in [5.41, 5.74) is 7.67. The minimum atomic E-state index is -4.91. The Kier molecular flexibility index (Phi) is 32.6. The highest BCUT2D eigenvalue weighted by molar-refractivity contribution is 6.30. The monoisotopic (exact) mass is 1960 g/mol. The molecule has 1 atom stereocenters. The van der Waals surface area contributed by atoms with Gasteiger partial charge in [-0.3, -0.25) is 60.7 Å². The van der Waals surface area contributed by atoms with E-state index < -0.39 is 69.9 Å². The predicted molar refractivity (Wildman–Crippen MR) is 518 cm³/mol. The number of benzene rings is 7. The van der Waals surface area contributed by atoms with Gasteiger partial charge in [0.25, 0.3) is 22.2 Å². The zero-order chi connectivity index (χ0) is 101. The number of aromatic nitrogens is 13. The molecule has 728 valence electrons. The Morgan fingerprint density at radius 2 is 0.700 bits per heavy atom. The van der Waals surface area contributed by atoms with Crippen LogP contribution in [0.15, 0.2) is 257 Å². The molecule has 0 saturated heterocycles. The van der Waals surface area contributed by atoms with Crippen LogP contribution in [-0.2, 0) is 73.6 Å². The molecular weight excluding hydrogens is 1870 g/mol. The molecule has 16 aromatic rings. The fourth-order valence-corrected chi connectivity index (χ4v) is 16.5. The van der Waals surface area contributed by atoms with Gasteiger partial charge in [0.15, 0.2) is 0 Å². The number of aliphatic hydroxyl groups excluding tert-OH is 5. The van der Waals surface area contributed by atoms with Gasteiger partial charge in [0.05, 0.1) is 26.6 Å². The largest absolute Gasteiger partial charge is 0.573 e. The summed E-state index contributed by atoms with van der Waals surface area (Å²) >= 11 is 12.0. The van der Waals surface area contributed by atoms with Crippen molar-refractivity contribution in [2.45, 2.75) is 124 Å². The van der Waals surface area contributed by atoms with Gasteiger partial charge in [0.1, 0.15) is 45.9 Å². The van der Waals surface area contributed by atoms with Crippen molar-refractivity contribution >= 4 is 67.3 Å². The van der Waals surface area contributed by atoms with Crippen LogP contribution in [0.3, 0.4) is 0 Å². The number of rotatable bonds is 29. The first kappa shape index (κ1) is 103. The second kappa shape index (κ2) is 44.4. The molecule has 16 rings (SSSR count). The van der Waals surface area contributed by atoms with E-state index in [1.54, 1.807) is 86.0 Å². The van der Waals surface area contributed by atoms with E-state index in [1.807, 2.05) is 74.5 Å². The fraction of sp³-hybridized carbons (Fsp3) is 0.265. The molecule has 0 saturated carbocycles. The third kappa shape index (κ3) is 23.8. The summed E-state index contributed by atoms with van der Waals surface area (Å²) in [6, 6.07) is 52.8. The van der Waals surface area contributed by atoms with E-state index in [0.717, 1.165) is 69.3 Å². The van der Waals surface area contributed by atoms with Crippen molar-refractivity contribution in [2.24, 2.45) is 28.2 Å². The number of nitrogens with zero attached hydrogens (tertiary/aromatic N) is 13. The quantitative estimate of drug-likeness (QED) is 0.0272. The molecule has 1 unspecified atom stereocenters. The molecular formula is C102H96Cl2F7N13O16. The maximum atomic E-state index is 13.6. The van der Waals surface area contributed by atoms with Gasteiger partial charge >= 0.3 is 41.3 Å². The molecule has 0 bridgehead atoms. The van der Waals surface area contributed by atoms with E-state index >= 15 is 0 Å². The first-order valence-corrected chi connectivity index (χ1v) is 44.8. The summed E-state index contributed by atoms with van der Waals surface area (Å²) in [4.78, 5) is 128. The van der Waals surface area contributed by atoms with E-state index in [4.69, 9.17) is 32.7 Å². The van der Waals surface area contributed by atoms with Gasteiger partial charge in [-0.25, -0.2) is 39.1 Å². The Bertz CT molecular complexity index is 7570. The maximum Gasteiger partial charge on any atom is 0.573 e. The zero-order valence-electron chi connectivity index (χ0n) is 76.9. The number of fused-ring (bicyclic) bond motifs is 4. The van der Waals surface area contributed by atoms with E-state index in [0.29, 0.717) is 92.4 Å². The van der Waals surface area contributed by atoms with Crippen LogP contribution in [0.4, 0.5) is 30.7 Å². The summed E-state index contributed by atoms with van der Waals surface area (Å²) in [6.07, 6.45) is -3.58. The minimum absolute atomic E-state index is 0.00264. The SMILES string of the molecule is Cc1ccc(C(O)c2c(-c3cccc(OC(F)(F)F)c3)cnc3c2c(=O)n(CCCO)c(=O)n3C)cc1.Cc1cccc(-c2cnc3c(c2Cc2ccccc2)c(=O)n(CCCO)c(=O)n3C)c1.Cn1c(=O)n(CCCO)c(=O)c2c(Cc3ccc(Cl)cc3)c(-c3cccc(OC(C)(F)F)c3)cnc21.Cn1c(=O)n(CCCO)c(=O)c2c(Cc3ccc(Cl)cn3)c(-c3cccc(OC(C)(F)F)c3)cnc21. The second-order valence-corrected chi connectivity index (χ2v) is 34.0. The van der Waals surface area contributed by atoms with Crippen LogP contribution in [0, 0.1) is 13.8 Å². The number of pyridine rings is 5. The Labute approximate surface area is 803 Å². The van der Waals surface area contributed by atoms with Crippen molar-refractivity contribution in [3.8, 4) is 61.8 Å². The third-order valence-corrected chi connectivity index (χ3v) is 23.3. The average molecular weight is 1960 g/mol. The lowest BCUT2D eigenvalue weighted by atomic mass is 9.91. The molecule has 9 heterocycles. The van der Waals surface area contributed by atoms with E-state index in [9.17, 15) is 94.6 Å². The number of hydrogen-bond acceptors (Lipinski definition) is 21. The number of aryl methyl sites for hydroxylation is 6. The number of alkyl halides is 7. The molecule has 9 aromatic heterocycles. The van der Waals surface area contributed by atoms with Crippen molar-refractivity contribution in [1.82, 2.24) is 61.5 Å². The van der Waals surface area contributed by atoms with Crippen LogP contribution in [0.2, 0.25) is 10.0 Å². The van der Waals surface area contributed by atoms with Gasteiger partial charge in [-0.1, -0.05) is 162 Å². The predicted octanol–water partition coefficient (Wildman–Crippen LogP) is 14.6. The van der Waals surface area contributed by atoms with Crippen molar-refractivity contribution in [1.29, 1.82) is 0 Å². The van der Waals surface area contributed by atoms with Crippen LogP contribution < -0.4 is 59.2 Å². The molecule has 140 heavy (non-hydrogen) atoms. The number of aliphatic hydroxyl groups is 5. The zero-order valence-corrected chi connectivity index (χ0v) is 78.4. The van der Waals surface area contributed by atoms with Gasteiger partial charge in [-0.05, 0) is 169 Å². The number of halogens is 9. The van der Waals surface area contributed by atoms with Crippen molar-refractivity contribution in [3.05, 3.63) is 368 Å². The Balaban J connectivity index is 0.000000157. The normalized spacial score (nSPS) is 11.8. The lowest BCUT2D eigenvalue weighted by Crippen LogP contribution is -2.40. The van der Waals surface area contributed by atoms with Crippen LogP contribution in [0.5, 0.6) is 17.2 Å². The average Bonchev–Trinajstić information content (AvgIpc) is 0.754. The fourth-order valence-electron chi connectivity index (χ4n) is 16.3. The minimum Gasteiger partial charge on any atom is -0.433 e. The van der Waals surface area contributed by atoms with Crippen molar-refractivity contribution < 1.29 is 70.5 Å². The lowest BCUT2D eigenvalue weighted by molar-refractivity contribution is -0.274. The molecule has 0 aliphatic carbocycles. The Morgan fingerprint density at radius 1 is 0.357 bits per heavy atom. The molecule has 0 amide bonds. The summed E-state index contributed by atoms with van der Waals surface area (Å²) in [6.45, 7) is 4.62. The molecule has 0 radical (unpaired) electrons. The summed E-state index contributed by atoms with van der Waals surface area (Å²) in [5, 5.41) is 50.3. The van der Waals surface area contributed by atoms with E-state index in [-0.39, 0.29) is 152 Å². The van der Waals surface area contributed by atoms with Crippen LogP contribution in [0.1, 0.15) is 101 Å². The van der Waals surface area contributed by atoms with Crippen LogP contribution in [-0.4, -0.2) is 132 Å². The van der Waals surface area contributed by atoms with Crippen LogP contribution >= 0.6 is 23.2 Å². The second-order valence-electron chi connectivity index (χ2n) is 33.1. The van der Waals surface area contributed by atoms with Crippen LogP contribution in [0.25, 0.3) is 88.6 Å². The third-order valence-electron chi connectivity index (χ3n) is 22.9. The van der Waals surface area contributed by atoms with Crippen molar-refractivity contribution in [3.63, 3.8) is 0 Å². The maximum absolute atomic E-state index is 13.6. The lowest BCUT2D eigenvalue weighted by Gasteiger charge is -2.20. The number of hydrogen-bond donors (Lipinski definition) is 5. The van der Waals surface area contributed by atoms with Gasteiger partial charge < -0.3 is 39.7 Å². The summed E-state index contributed by atoms with van der Waals surface area (Å²) in [5.74, 6) is -0.587. The molecule has 5 N–H and O–H groups in total. The topological polar surface area (TPSA) is 369 Å². The van der Waals surface area contributed by atoms with E-state index in [1.165, 1.54) is 101 Å². The summed E-state index contributed by atoms with van der Waals surface area (Å²) < 4.78 is 115. The molecule has 38 heteroatoms. The standard InChI is InChI=1S/C26H24ClF2N3O4.C26H24F3N3O5.C25H23ClF2N4O4.C25H25N3O3/c1-26(28,29)36-19-6-3-5-17(14-19)21-15-30-23-22(20(21)13-16-7-9-18(27)10-8-16)24(34)32(11-4-12-33)25(35)31(23)2;1-15-7-9-16(10-8-15)22(34)20-19(17-5-3-6-18(13-17)37-26(27,28)29)14-30-23-21(20)24(35)32(11-4-12-33)25(36)31(23)2;1-25(27,28)36-18-6-3-5-15(11-18)20-14-30-22-21(19(20)12-17-8-7-16(26)13-29-17)23(34)32(9-4-10-33)24(35)31(22)2;1-17-8-6-11-19(14-17)21-16-26-23-22(20(21)15-18-9-4-3-5-10-18)24(30)28(12-7-13-29)25(31)27(23)2/h3,5-10,14-15,33H,4,11-13H2,1-2H3;3,5-10,13-14,22,33-34H,4,11-12H2,1-2H3;3,5-8,11,13-14,33H,4,9-10,12H2,1-2H3;3-6,8-11,14,16,29H,7,12-13,15H2,1-2H3. The van der Waals surface area contributed by atoms with Gasteiger partial charge in [-0.2, -0.15) is 17.6 Å². The Hall–Kier alpha value is -14.7. The molecule has 0 aliphatic rings. The highest BCUT2D eigenvalue weighted by Gasteiger charge is 2.34. The highest BCUT2D eigenvalue weighted by atomic mass is 35.5. The molecule has 0 aliphatic heterocycles. The first-order valence-electron chi connectivity index (χ1n) is 44.0. The Morgan fingerprint density at radius 3 is 1.07 bits per heavy atom. The number of ether oxygens (including phenoxy) is 3. The van der Waals surface area contributed by atoms with E-state index in [2.05, 4.69) is 35.7 Å². The van der Waals surface area contributed by atoms with Crippen molar-refractivity contribution in [2.75, 3.05) is 26.4 Å². The molecule has 29 nitrogen and oxygen atoms in total. The summed E-state index contributed by atoms with van der Waals surface area (Å²) in [7, 11) is 6.08. The molecule has 0 fully saturated rings. The smallest absolute Gasteiger partial charge is 0.433 e. The van der Waals surface area contributed by atoms with Gasteiger partial charge in [0, 0.05) is 171 Å². The molecule has 7 aromatic carbocycles. The van der Waals surface area contributed by atoms with Gasteiger partial charge in [0.2, 0.25) is 0 Å². The molecule has 0 spiro atoms. The highest BCUT2D eigenvalue weighted by Crippen LogP contribution is 2.40.